The molecule has 0 aromatic heterocycles. The van der Waals surface area contributed by atoms with E-state index in [1.54, 1.807) is 11.8 Å². The average Bonchev–Trinajstić information content (AvgIpc) is 3.23. The first-order valence-electron chi connectivity index (χ1n) is 8.06. The number of thioether (sulfide) groups is 2. The largest absolute Gasteiger partial charge is 0.468 e. The molecular formula is C17H20N4O2S2. The van der Waals surface area contributed by atoms with E-state index in [1.165, 1.54) is 18.9 Å². The summed E-state index contributed by atoms with van der Waals surface area (Å²) in [6.45, 7) is 2.00. The van der Waals surface area contributed by atoms with E-state index < -0.39 is 5.41 Å². The van der Waals surface area contributed by atoms with Crippen molar-refractivity contribution in [2.24, 2.45) is 16.1 Å². The minimum atomic E-state index is -0.410. The molecule has 0 unspecified atom stereocenters. The van der Waals surface area contributed by atoms with E-state index in [0.29, 0.717) is 16.4 Å². The predicted molar refractivity (Wildman–Crippen MR) is 101 cm³/mol. The highest BCUT2D eigenvalue weighted by atomic mass is 32.2. The van der Waals surface area contributed by atoms with Crippen LogP contribution in [0.5, 0.6) is 0 Å². The van der Waals surface area contributed by atoms with Crippen molar-refractivity contribution in [2.75, 3.05) is 12.9 Å². The van der Waals surface area contributed by atoms with Crippen molar-refractivity contribution in [1.29, 1.82) is 5.26 Å². The molecule has 3 rings (SSSR count). The maximum atomic E-state index is 11.5. The van der Waals surface area contributed by atoms with Crippen LogP contribution in [0.25, 0.3) is 0 Å². The number of esters is 1. The first kappa shape index (κ1) is 18.0. The lowest BCUT2D eigenvalue weighted by Gasteiger charge is -2.36. The zero-order chi connectivity index (χ0) is 18.0. The van der Waals surface area contributed by atoms with Crippen LogP contribution in [0.4, 0.5) is 0 Å². The number of hydrogen-bond donors (Lipinski definition) is 2. The topological polar surface area (TPSA) is 100 Å². The molecule has 1 fully saturated rings. The molecule has 0 bridgehead atoms. The van der Waals surface area contributed by atoms with Crippen LogP contribution in [0, 0.1) is 16.7 Å². The molecule has 0 saturated heterocycles. The lowest BCUT2D eigenvalue weighted by molar-refractivity contribution is -0.137. The predicted octanol–water partition coefficient (Wildman–Crippen LogP) is 2.97. The van der Waals surface area contributed by atoms with E-state index in [0.717, 1.165) is 42.0 Å². The number of allylic oxidation sites excluding steroid dienone is 2. The Hall–Kier alpha value is -1.85. The molecule has 0 aromatic carbocycles. The van der Waals surface area contributed by atoms with Crippen molar-refractivity contribution >= 4 is 35.3 Å². The molecule has 0 atom stereocenters. The number of amidine groups is 1. The number of nitrogens with two attached hydrogens (primary N) is 1. The van der Waals surface area contributed by atoms with Crippen molar-refractivity contribution < 1.29 is 9.53 Å². The fraction of sp³-hybridized carbons (Fsp3) is 0.471. The van der Waals surface area contributed by atoms with Gasteiger partial charge < -0.3 is 15.8 Å². The van der Waals surface area contributed by atoms with Gasteiger partial charge in [0.15, 0.2) is 0 Å². The fourth-order valence-electron chi connectivity index (χ4n) is 3.56. The van der Waals surface area contributed by atoms with Gasteiger partial charge in [-0.2, -0.15) is 5.26 Å². The summed E-state index contributed by atoms with van der Waals surface area (Å²) in [6, 6.07) is 2.37. The van der Waals surface area contributed by atoms with Gasteiger partial charge in [-0.3, -0.25) is 4.79 Å². The van der Waals surface area contributed by atoms with Crippen LogP contribution in [0.2, 0.25) is 0 Å². The van der Waals surface area contributed by atoms with E-state index in [-0.39, 0.29) is 11.7 Å². The van der Waals surface area contributed by atoms with Gasteiger partial charge in [-0.05, 0) is 25.2 Å². The molecule has 2 aliphatic heterocycles. The van der Waals surface area contributed by atoms with Gasteiger partial charge in [-0.1, -0.05) is 36.4 Å². The number of hydrogen-bond acceptors (Lipinski definition) is 8. The van der Waals surface area contributed by atoms with Gasteiger partial charge in [-0.15, -0.1) is 0 Å². The Bertz CT molecular complexity index is 768. The number of carbonyl (C=O) groups is 1. The van der Waals surface area contributed by atoms with Gasteiger partial charge in [0.2, 0.25) is 0 Å². The first-order chi connectivity index (χ1) is 12.0. The SMILES string of the molecule is COC(=O)CSC1=C(C#N)C2(CCCC2)C(=C2NC(C)=CS2)C(N)=N1. The Morgan fingerprint density at radius 1 is 1.56 bits per heavy atom. The molecular weight excluding hydrogens is 356 g/mol. The number of aliphatic imine (C=N–C) groups is 1. The van der Waals surface area contributed by atoms with E-state index in [1.807, 2.05) is 12.3 Å². The number of methoxy groups -OCH3 is 1. The van der Waals surface area contributed by atoms with E-state index in [4.69, 9.17) is 10.5 Å². The smallest absolute Gasteiger partial charge is 0.316 e. The van der Waals surface area contributed by atoms with Crippen LogP contribution in [-0.2, 0) is 9.53 Å². The van der Waals surface area contributed by atoms with Crippen molar-refractivity contribution in [2.45, 2.75) is 32.6 Å². The molecule has 1 aliphatic carbocycles. The Morgan fingerprint density at radius 2 is 2.28 bits per heavy atom. The summed E-state index contributed by atoms with van der Waals surface area (Å²) in [7, 11) is 1.35. The van der Waals surface area contributed by atoms with Crippen LogP contribution < -0.4 is 11.1 Å². The molecule has 25 heavy (non-hydrogen) atoms. The van der Waals surface area contributed by atoms with Crippen molar-refractivity contribution in [1.82, 2.24) is 5.32 Å². The summed E-state index contributed by atoms with van der Waals surface area (Å²) in [5.74, 6) is 0.205. The third-order valence-corrected chi connectivity index (χ3v) is 6.63. The highest BCUT2D eigenvalue weighted by Gasteiger charge is 2.48. The van der Waals surface area contributed by atoms with Gasteiger partial charge in [0.05, 0.1) is 29.5 Å². The van der Waals surface area contributed by atoms with Crippen LogP contribution in [0.3, 0.4) is 0 Å². The van der Waals surface area contributed by atoms with Gasteiger partial charge in [0.25, 0.3) is 0 Å². The number of rotatable bonds is 3. The lowest BCUT2D eigenvalue weighted by Crippen LogP contribution is -2.37. The number of nitrogens with one attached hydrogen (secondary N) is 1. The quantitative estimate of drug-likeness (QED) is 0.730. The van der Waals surface area contributed by atoms with E-state index >= 15 is 0 Å². The molecule has 3 aliphatic rings. The summed E-state index contributed by atoms with van der Waals surface area (Å²) in [5, 5.41) is 16.8. The molecule has 132 valence electrons. The second-order valence-corrected chi connectivity index (χ2v) is 8.03. The van der Waals surface area contributed by atoms with E-state index in [2.05, 4.69) is 16.4 Å². The standard InChI is InChI=1S/C17H20N4O2S2/c1-10-8-24-16(20-10)13-14(19)21-15(25-9-12(22)23-2)11(7-18)17(13)5-3-4-6-17/h8,20H,3-6,9H2,1-2H3,(H2,19,21). The summed E-state index contributed by atoms with van der Waals surface area (Å²) < 4.78 is 4.69. The third-order valence-electron chi connectivity index (χ3n) is 4.66. The third kappa shape index (κ3) is 3.18. The second-order valence-electron chi connectivity index (χ2n) is 6.19. The van der Waals surface area contributed by atoms with Crippen molar-refractivity contribution in [3.05, 3.63) is 32.3 Å². The Kier molecular flexibility index (Phi) is 5.16. The first-order valence-corrected chi connectivity index (χ1v) is 9.92. The minimum absolute atomic E-state index is 0.115. The minimum Gasteiger partial charge on any atom is -0.468 e. The number of ether oxygens (including phenoxy) is 1. The zero-order valence-electron chi connectivity index (χ0n) is 14.2. The number of nitrogens with zero attached hydrogens (tertiary/aromatic N) is 2. The highest BCUT2D eigenvalue weighted by molar-refractivity contribution is 8.06. The summed E-state index contributed by atoms with van der Waals surface area (Å²) >= 11 is 2.81. The van der Waals surface area contributed by atoms with Gasteiger partial charge in [-0.25, -0.2) is 4.99 Å². The maximum absolute atomic E-state index is 11.5. The molecule has 1 spiro atoms. The Balaban J connectivity index is 2.06. The number of carbonyl (C=O) groups excluding carboxylic acids is 1. The average molecular weight is 377 g/mol. The lowest BCUT2D eigenvalue weighted by atomic mass is 9.71. The van der Waals surface area contributed by atoms with Gasteiger partial charge in [0, 0.05) is 16.7 Å². The second kappa shape index (κ2) is 7.18. The van der Waals surface area contributed by atoms with Gasteiger partial charge >= 0.3 is 5.97 Å². The number of nitriles is 1. The molecule has 1 saturated carbocycles. The maximum Gasteiger partial charge on any atom is 0.316 e. The highest BCUT2D eigenvalue weighted by Crippen LogP contribution is 2.55. The Morgan fingerprint density at radius 3 is 2.84 bits per heavy atom. The van der Waals surface area contributed by atoms with Crippen LogP contribution in [0.15, 0.2) is 37.3 Å². The zero-order valence-corrected chi connectivity index (χ0v) is 15.9. The monoisotopic (exact) mass is 376 g/mol. The Labute approximate surface area is 155 Å². The molecule has 0 radical (unpaired) electrons. The molecule has 2 heterocycles. The van der Waals surface area contributed by atoms with Crippen LogP contribution in [-0.4, -0.2) is 24.7 Å². The van der Waals surface area contributed by atoms with Crippen LogP contribution >= 0.6 is 23.5 Å². The normalized spacial score (nSPS) is 24.7. The molecule has 6 nitrogen and oxygen atoms in total. The molecule has 0 aromatic rings. The molecule has 0 amide bonds. The summed E-state index contributed by atoms with van der Waals surface area (Å²) in [5.41, 5.74) is 8.55. The molecule has 8 heteroatoms. The van der Waals surface area contributed by atoms with Crippen molar-refractivity contribution in [3.63, 3.8) is 0 Å². The summed E-state index contributed by atoms with van der Waals surface area (Å²) in [4.78, 5) is 16.0. The summed E-state index contributed by atoms with van der Waals surface area (Å²) in [6.07, 6.45) is 3.82. The van der Waals surface area contributed by atoms with Gasteiger partial charge in [0.1, 0.15) is 10.9 Å². The fourth-order valence-corrected chi connectivity index (χ4v) is 5.47. The van der Waals surface area contributed by atoms with Crippen LogP contribution in [0.1, 0.15) is 32.6 Å². The molecule has 3 N–H and O–H groups in total. The van der Waals surface area contributed by atoms with E-state index in [9.17, 15) is 10.1 Å². The van der Waals surface area contributed by atoms with Crippen molar-refractivity contribution in [3.8, 4) is 6.07 Å².